The lowest BCUT2D eigenvalue weighted by molar-refractivity contribution is -0.132. The highest BCUT2D eigenvalue weighted by Gasteiger charge is 2.25. The maximum Gasteiger partial charge on any atom is 0.274 e. The molecule has 1 aromatic rings. The molecule has 2 amide bonds. The van der Waals surface area contributed by atoms with Gasteiger partial charge in [-0.05, 0) is 45.3 Å². The average Bonchev–Trinajstić information content (AvgIpc) is 2.87. The number of hydrogen-bond acceptors (Lipinski definition) is 4. The molecule has 0 saturated carbocycles. The molecule has 3 rings (SSSR count). The molecule has 2 saturated heterocycles. The Morgan fingerprint density at radius 2 is 1.58 bits per heavy atom. The van der Waals surface area contributed by atoms with E-state index in [4.69, 9.17) is 0 Å². The molecule has 0 spiro atoms. The molecule has 3 heterocycles. The Morgan fingerprint density at radius 1 is 0.923 bits per heavy atom. The molecule has 2 aliphatic rings. The molecule has 0 aliphatic carbocycles. The van der Waals surface area contributed by atoms with Crippen LogP contribution in [0.2, 0.25) is 0 Å². The molecule has 7 nitrogen and oxygen atoms in total. The predicted octanol–water partition coefficient (Wildman–Crippen LogP) is 1.28. The molecule has 0 unspecified atom stereocenters. The van der Waals surface area contributed by atoms with Gasteiger partial charge >= 0.3 is 0 Å². The lowest BCUT2D eigenvalue weighted by atomic mass is 10.2. The van der Waals surface area contributed by atoms with Gasteiger partial charge in [-0.1, -0.05) is 12.8 Å². The third-order valence-electron chi connectivity index (χ3n) is 5.53. The van der Waals surface area contributed by atoms with Gasteiger partial charge < -0.3 is 9.80 Å². The van der Waals surface area contributed by atoms with Crippen molar-refractivity contribution >= 4 is 11.8 Å². The van der Waals surface area contributed by atoms with Crippen LogP contribution >= 0.6 is 0 Å². The van der Waals surface area contributed by atoms with Crippen LogP contribution in [0.1, 0.15) is 48.3 Å². The van der Waals surface area contributed by atoms with Crippen molar-refractivity contribution in [2.45, 2.75) is 39.0 Å². The standard InChI is InChI=1S/C19H31N5O2/c1-16-14-17(20-21(16)2)19(26)24-11-7-10-23(12-13-24)18(25)15-22-8-5-3-4-6-9-22/h14H,3-13,15H2,1-2H3. The van der Waals surface area contributed by atoms with E-state index in [1.807, 2.05) is 29.8 Å². The minimum Gasteiger partial charge on any atom is -0.340 e. The topological polar surface area (TPSA) is 61.7 Å². The molecule has 0 aromatic carbocycles. The lowest BCUT2D eigenvalue weighted by Gasteiger charge is -2.25. The van der Waals surface area contributed by atoms with Crippen LogP contribution in [0.3, 0.4) is 0 Å². The first kappa shape index (κ1) is 18.9. The molecule has 2 fully saturated rings. The number of nitrogens with zero attached hydrogens (tertiary/aromatic N) is 5. The largest absolute Gasteiger partial charge is 0.340 e. The highest BCUT2D eigenvalue weighted by atomic mass is 16.2. The molecule has 0 bridgehead atoms. The Kier molecular flexibility index (Phi) is 6.29. The maximum atomic E-state index is 12.7. The Bertz CT molecular complexity index is 614. The molecule has 1 aromatic heterocycles. The van der Waals surface area contributed by atoms with E-state index in [0.29, 0.717) is 31.9 Å². The van der Waals surface area contributed by atoms with Gasteiger partial charge in [-0.25, -0.2) is 0 Å². The Labute approximate surface area is 155 Å². The summed E-state index contributed by atoms with van der Waals surface area (Å²) in [5, 5.41) is 4.29. The van der Waals surface area contributed by atoms with Crippen LogP contribution < -0.4 is 0 Å². The van der Waals surface area contributed by atoms with E-state index in [2.05, 4.69) is 10.00 Å². The van der Waals surface area contributed by atoms with Gasteiger partial charge in [0.25, 0.3) is 5.91 Å². The van der Waals surface area contributed by atoms with Crippen LogP contribution in [0.4, 0.5) is 0 Å². The molecule has 144 valence electrons. The first-order valence-electron chi connectivity index (χ1n) is 9.84. The van der Waals surface area contributed by atoms with E-state index in [0.717, 1.165) is 31.7 Å². The summed E-state index contributed by atoms with van der Waals surface area (Å²) >= 11 is 0. The molecule has 0 radical (unpaired) electrons. The maximum absolute atomic E-state index is 12.7. The smallest absolute Gasteiger partial charge is 0.274 e. The second kappa shape index (κ2) is 8.66. The average molecular weight is 361 g/mol. The summed E-state index contributed by atoms with van der Waals surface area (Å²) < 4.78 is 1.72. The normalized spacial score (nSPS) is 19.9. The number of likely N-dealkylation sites (tertiary alicyclic amines) is 1. The third-order valence-corrected chi connectivity index (χ3v) is 5.53. The first-order chi connectivity index (χ1) is 12.5. The molecule has 0 N–H and O–H groups in total. The quantitative estimate of drug-likeness (QED) is 0.814. The van der Waals surface area contributed by atoms with Crippen molar-refractivity contribution in [3.8, 4) is 0 Å². The fourth-order valence-electron chi connectivity index (χ4n) is 3.78. The van der Waals surface area contributed by atoms with Crippen LogP contribution in [0.25, 0.3) is 0 Å². The van der Waals surface area contributed by atoms with Gasteiger partial charge in [-0.2, -0.15) is 5.10 Å². The van der Waals surface area contributed by atoms with Crippen LogP contribution in [0.5, 0.6) is 0 Å². The summed E-state index contributed by atoms with van der Waals surface area (Å²) in [6.45, 7) is 7.14. The van der Waals surface area contributed by atoms with Gasteiger partial charge in [0.05, 0.1) is 6.54 Å². The molecular formula is C19H31N5O2. The van der Waals surface area contributed by atoms with E-state index < -0.39 is 0 Å². The summed E-state index contributed by atoms with van der Waals surface area (Å²) in [5.41, 5.74) is 1.46. The molecule has 2 aliphatic heterocycles. The second-order valence-corrected chi connectivity index (χ2v) is 7.51. The predicted molar refractivity (Wildman–Crippen MR) is 100.0 cm³/mol. The monoisotopic (exact) mass is 361 g/mol. The van der Waals surface area contributed by atoms with Gasteiger partial charge in [0.1, 0.15) is 0 Å². The fraction of sp³-hybridized carbons (Fsp3) is 0.737. The number of aryl methyl sites for hydroxylation is 2. The Morgan fingerprint density at radius 3 is 2.23 bits per heavy atom. The fourth-order valence-corrected chi connectivity index (χ4v) is 3.78. The lowest BCUT2D eigenvalue weighted by Crippen LogP contribution is -2.42. The number of carbonyl (C=O) groups is 2. The minimum atomic E-state index is -0.0319. The van der Waals surface area contributed by atoms with Gasteiger partial charge in [0.15, 0.2) is 5.69 Å². The highest BCUT2D eigenvalue weighted by molar-refractivity contribution is 5.92. The summed E-state index contributed by atoms with van der Waals surface area (Å²) in [6, 6.07) is 1.83. The number of carbonyl (C=O) groups excluding carboxylic acids is 2. The van der Waals surface area contributed by atoms with Crippen molar-refractivity contribution in [3.63, 3.8) is 0 Å². The summed E-state index contributed by atoms with van der Waals surface area (Å²) in [4.78, 5) is 31.4. The van der Waals surface area contributed by atoms with Crippen molar-refractivity contribution in [1.29, 1.82) is 0 Å². The number of rotatable bonds is 3. The zero-order chi connectivity index (χ0) is 18.5. The number of hydrogen-bond donors (Lipinski definition) is 0. The van der Waals surface area contributed by atoms with E-state index in [1.54, 1.807) is 4.68 Å². The second-order valence-electron chi connectivity index (χ2n) is 7.51. The zero-order valence-electron chi connectivity index (χ0n) is 16.1. The van der Waals surface area contributed by atoms with E-state index in [9.17, 15) is 9.59 Å². The van der Waals surface area contributed by atoms with E-state index in [-0.39, 0.29) is 11.8 Å². The van der Waals surface area contributed by atoms with Gasteiger partial charge in [0, 0.05) is 38.9 Å². The van der Waals surface area contributed by atoms with Crippen molar-refractivity contribution in [2.24, 2.45) is 7.05 Å². The van der Waals surface area contributed by atoms with Crippen LogP contribution in [0.15, 0.2) is 6.07 Å². The van der Waals surface area contributed by atoms with Gasteiger partial charge in [-0.15, -0.1) is 0 Å². The van der Waals surface area contributed by atoms with Gasteiger partial charge in [0.2, 0.25) is 5.91 Å². The van der Waals surface area contributed by atoms with E-state index in [1.165, 1.54) is 25.7 Å². The summed E-state index contributed by atoms with van der Waals surface area (Å²) in [6.07, 6.45) is 5.76. The summed E-state index contributed by atoms with van der Waals surface area (Å²) in [5.74, 6) is 0.172. The highest BCUT2D eigenvalue weighted by Crippen LogP contribution is 2.12. The zero-order valence-corrected chi connectivity index (χ0v) is 16.1. The van der Waals surface area contributed by atoms with Crippen LogP contribution in [-0.2, 0) is 11.8 Å². The van der Waals surface area contributed by atoms with Crippen molar-refractivity contribution in [3.05, 3.63) is 17.5 Å². The molecule has 7 heteroatoms. The van der Waals surface area contributed by atoms with Crippen LogP contribution in [0, 0.1) is 6.92 Å². The minimum absolute atomic E-state index is 0.0319. The number of amides is 2. The summed E-state index contributed by atoms with van der Waals surface area (Å²) in [7, 11) is 1.85. The van der Waals surface area contributed by atoms with Crippen molar-refractivity contribution in [2.75, 3.05) is 45.8 Å². The Balaban J connectivity index is 1.53. The van der Waals surface area contributed by atoms with E-state index >= 15 is 0 Å². The van der Waals surface area contributed by atoms with Crippen molar-refractivity contribution < 1.29 is 9.59 Å². The Hall–Kier alpha value is -1.89. The first-order valence-corrected chi connectivity index (χ1v) is 9.84. The van der Waals surface area contributed by atoms with Crippen LogP contribution in [-0.4, -0.2) is 82.1 Å². The molecule has 26 heavy (non-hydrogen) atoms. The molecule has 0 atom stereocenters. The van der Waals surface area contributed by atoms with Crippen molar-refractivity contribution in [1.82, 2.24) is 24.5 Å². The number of aromatic nitrogens is 2. The van der Waals surface area contributed by atoms with Gasteiger partial charge in [-0.3, -0.25) is 19.2 Å². The molecular weight excluding hydrogens is 330 g/mol. The SMILES string of the molecule is Cc1cc(C(=O)N2CCCN(C(=O)CN3CCCCCC3)CC2)nn1C. The third kappa shape index (κ3) is 4.63.